The summed E-state index contributed by atoms with van der Waals surface area (Å²) in [6, 6.07) is 7.83. The van der Waals surface area contributed by atoms with E-state index in [4.69, 9.17) is 16.1 Å². The number of nitrogens with one attached hydrogen (secondary N) is 1. The summed E-state index contributed by atoms with van der Waals surface area (Å²) in [7, 11) is 0. The van der Waals surface area contributed by atoms with Crippen molar-refractivity contribution >= 4 is 17.5 Å². The standard InChI is InChI=1S/C22H29ClN4O2/c23-19-12-6-5-11-18(19)21-25-20(29-26-21)15-27-13-7-8-16(14-27)22(28)24-17-9-3-1-2-4-10-17/h5-6,11-12,16-17H,1-4,7-10,13-15H2,(H,24,28). The van der Waals surface area contributed by atoms with Crippen LogP contribution < -0.4 is 5.32 Å². The normalized spacial score (nSPS) is 21.6. The highest BCUT2D eigenvalue weighted by Gasteiger charge is 2.28. The van der Waals surface area contributed by atoms with E-state index in [1.165, 1.54) is 25.7 Å². The SMILES string of the molecule is O=C(NC1CCCCCC1)C1CCCN(Cc2nc(-c3ccccc3Cl)no2)C1. The first-order chi connectivity index (χ1) is 14.2. The molecule has 1 amide bonds. The van der Waals surface area contributed by atoms with Crippen molar-refractivity contribution in [3.8, 4) is 11.4 Å². The minimum Gasteiger partial charge on any atom is -0.353 e. The molecule has 1 aliphatic carbocycles. The summed E-state index contributed by atoms with van der Waals surface area (Å²) in [5, 5.41) is 7.99. The first-order valence-electron chi connectivity index (χ1n) is 10.8. The molecule has 29 heavy (non-hydrogen) atoms. The maximum atomic E-state index is 12.8. The van der Waals surface area contributed by atoms with Gasteiger partial charge < -0.3 is 9.84 Å². The molecular formula is C22H29ClN4O2. The zero-order valence-electron chi connectivity index (χ0n) is 16.8. The van der Waals surface area contributed by atoms with Gasteiger partial charge in [0.25, 0.3) is 0 Å². The predicted molar refractivity (Wildman–Crippen MR) is 112 cm³/mol. The van der Waals surface area contributed by atoms with Gasteiger partial charge in [-0.3, -0.25) is 9.69 Å². The Labute approximate surface area is 177 Å². The fraction of sp³-hybridized carbons (Fsp3) is 0.591. The molecule has 0 radical (unpaired) electrons. The number of rotatable bonds is 5. The number of carbonyl (C=O) groups is 1. The van der Waals surface area contributed by atoms with E-state index in [1.54, 1.807) is 0 Å². The summed E-state index contributed by atoms with van der Waals surface area (Å²) >= 11 is 6.23. The lowest BCUT2D eigenvalue weighted by molar-refractivity contribution is -0.127. The van der Waals surface area contributed by atoms with E-state index in [0.717, 1.165) is 44.3 Å². The van der Waals surface area contributed by atoms with Crippen LogP contribution in [-0.2, 0) is 11.3 Å². The van der Waals surface area contributed by atoms with Gasteiger partial charge in [0.2, 0.25) is 17.6 Å². The summed E-state index contributed by atoms with van der Waals surface area (Å²) in [5.74, 6) is 1.32. The first-order valence-corrected chi connectivity index (χ1v) is 11.2. The third-order valence-electron chi connectivity index (χ3n) is 6.02. The third kappa shape index (κ3) is 5.37. The van der Waals surface area contributed by atoms with Crippen molar-refractivity contribution in [2.45, 2.75) is 64.0 Å². The molecule has 2 fully saturated rings. The van der Waals surface area contributed by atoms with Gasteiger partial charge in [-0.25, -0.2) is 0 Å². The molecule has 4 rings (SSSR count). The monoisotopic (exact) mass is 416 g/mol. The third-order valence-corrected chi connectivity index (χ3v) is 6.35. The summed E-state index contributed by atoms with van der Waals surface area (Å²) in [5.41, 5.74) is 0.767. The van der Waals surface area contributed by atoms with Crippen molar-refractivity contribution in [1.82, 2.24) is 20.4 Å². The van der Waals surface area contributed by atoms with Crippen LogP contribution in [0.1, 0.15) is 57.3 Å². The van der Waals surface area contributed by atoms with Crippen LogP contribution in [0.15, 0.2) is 28.8 Å². The molecule has 6 nitrogen and oxygen atoms in total. The van der Waals surface area contributed by atoms with Gasteiger partial charge in [0.15, 0.2) is 0 Å². The van der Waals surface area contributed by atoms with Gasteiger partial charge >= 0.3 is 0 Å². The Balaban J connectivity index is 1.33. The largest absolute Gasteiger partial charge is 0.353 e. The van der Waals surface area contributed by atoms with E-state index in [0.29, 0.717) is 29.3 Å². The summed E-state index contributed by atoms with van der Waals surface area (Å²) < 4.78 is 5.45. The van der Waals surface area contributed by atoms with Gasteiger partial charge in [0, 0.05) is 18.2 Å². The second-order valence-corrected chi connectivity index (χ2v) is 8.67. The molecule has 1 N–H and O–H groups in total. The lowest BCUT2D eigenvalue weighted by atomic mass is 9.96. The van der Waals surface area contributed by atoms with Crippen molar-refractivity contribution in [1.29, 1.82) is 0 Å². The predicted octanol–water partition coefficient (Wildman–Crippen LogP) is 4.44. The number of carbonyl (C=O) groups excluding carboxylic acids is 1. The average molecular weight is 417 g/mol. The van der Waals surface area contributed by atoms with E-state index < -0.39 is 0 Å². The molecule has 2 aliphatic rings. The Bertz CT molecular complexity index is 817. The maximum Gasteiger partial charge on any atom is 0.241 e. The van der Waals surface area contributed by atoms with E-state index >= 15 is 0 Å². The van der Waals surface area contributed by atoms with Crippen LogP contribution in [0, 0.1) is 5.92 Å². The molecule has 1 aromatic heterocycles. The second kappa shape index (κ2) is 9.72. The van der Waals surface area contributed by atoms with Crippen molar-refractivity contribution < 1.29 is 9.32 Å². The quantitative estimate of drug-likeness (QED) is 0.729. The number of amides is 1. The van der Waals surface area contributed by atoms with Gasteiger partial charge in [0.05, 0.1) is 17.5 Å². The summed E-state index contributed by atoms with van der Waals surface area (Å²) in [6.45, 7) is 2.24. The number of nitrogens with zero attached hydrogens (tertiary/aromatic N) is 3. The summed E-state index contributed by atoms with van der Waals surface area (Å²) in [4.78, 5) is 19.5. The molecule has 1 saturated carbocycles. The smallest absolute Gasteiger partial charge is 0.241 e. The molecule has 2 aromatic rings. The first kappa shape index (κ1) is 20.4. The number of likely N-dealkylation sites (tertiary alicyclic amines) is 1. The lowest BCUT2D eigenvalue weighted by Gasteiger charge is -2.31. The molecular weight excluding hydrogens is 388 g/mol. The Morgan fingerprint density at radius 2 is 1.93 bits per heavy atom. The van der Waals surface area contributed by atoms with Crippen LogP contribution >= 0.6 is 11.6 Å². The van der Waals surface area contributed by atoms with E-state index in [1.807, 2.05) is 24.3 Å². The second-order valence-electron chi connectivity index (χ2n) is 8.26. The number of aromatic nitrogens is 2. The number of hydrogen-bond donors (Lipinski definition) is 1. The number of hydrogen-bond acceptors (Lipinski definition) is 5. The van der Waals surface area contributed by atoms with E-state index in [9.17, 15) is 4.79 Å². The average Bonchev–Trinajstić information content (AvgIpc) is 3.03. The topological polar surface area (TPSA) is 71.3 Å². The number of piperidine rings is 1. The highest BCUT2D eigenvalue weighted by molar-refractivity contribution is 6.33. The van der Waals surface area contributed by atoms with Gasteiger partial charge in [-0.05, 0) is 44.4 Å². The molecule has 1 atom stereocenters. The Morgan fingerprint density at radius 3 is 2.72 bits per heavy atom. The molecule has 1 aliphatic heterocycles. The fourth-order valence-electron chi connectivity index (χ4n) is 4.42. The van der Waals surface area contributed by atoms with Crippen LogP contribution in [0.5, 0.6) is 0 Å². The van der Waals surface area contributed by atoms with Crippen LogP contribution in [-0.4, -0.2) is 40.1 Å². The molecule has 7 heteroatoms. The van der Waals surface area contributed by atoms with E-state index in [2.05, 4.69) is 20.4 Å². The molecule has 0 spiro atoms. The molecule has 156 valence electrons. The van der Waals surface area contributed by atoms with Crippen LogP contribution in [0.4, 0.5) is 0 Å². The minimum absolute atomic E-state index is 0.0398. The summed E-state index contributed by atoms with van der Waals surface area (Å²) in [6.07, 6.45) is 9.25. The van der Waals surface area contributed by atoms with Gasteiger partial charge in [0.1, 0.15) is 0 Å². The highest BCUT2D eigenvalue weighted by atomic mass is 35.5. The Hall–Kier alpha value is -1.92. The number of benzene rings is 1. The van der Waals surface area contributed by atoms with Crippen LogP contribution in [0.2, 0.25) is 5.02 Å². The van der Waals surface area contributed by atoms with Crippen molar-refractivity contribution in [3.05, 3.63) is 35.2 Å². The maximum absolute atomic E-state index is 12.8. The Morgan fingerprint density at radius 1 is 1.14 bits per heavy atom. The van der Waals surface area contributed by atoms with Gasteiger partial charge in [-0.2, -0.15) is 4.98 Å². The zero-order chi connectivity index (χ0) is 20.1. The van der Waals surface area contributed by atoms with Crippen LogP contribution in [0.25, 0.3) is 11.4 Å². The molecule has 1 saturated heterocycles. The molecule has 1 aromatic carbocycles. The van der Waals surface area contributed by atoms with Crippen molar-refractivity contribution in [3.63, 3.8) is 0 Å². The van der Waals surface area contributed by atoms with Gasteiger partial charge in [-0.15, -0.1) is 0 Å². The Kier molecular flexibility index (Phi) is 6.82. The van der Waals surface area contributed by atoms with Crippen molar-refractivity contribution in [2.24, 2.45) is 5.92 Å². The number of halogens is 1. The lowest BCUT2D eigenvalue weighted by Crippen LogP contribution is -2.45. The zero-order valence-corrected chi connectivity index (χ0v) is 17.5. The minimum atomic E-state index is 0.0398. The molecule has 0 bridgehead atoms. The van der Waals surface area contributed by atoms with Crippen LogP contribution in [0.3, 0.4) is 0 Å². The van der Waals surface area contributed by atoms with Gasteiger partial charge in [-0.1, -0.05) is 54.6 Å². The molecule has 1 unspecified atom stereocenters. The van der Waals surface area contributed by atoms with E-state index in [-0.39, 0.29) is 11.8 Å². The highest BCUT2D eigenvalue weighted by Crippen LogP contribution is 2.26. The fourth-order valence-corrected chi connectivity index (χ4v) is 4.64. The van der Waals surface area contributed by atoms with Crippen molar-refractivity contribution in [2.75, 3.05) is 13.1 Å². The molecule has 2 heterocycles.